The summed E-state index contributed by atoms with van der Waals surface area (Å²) in [5.74, 6) is -1.71. The Hall–Kier alpha value is -2.57. The quantitative estimate of drug-likeness (QED) is 0.761. The Morgan fingerprint density at radius 1 is 1.15 bits per heavy atom. The standard InChI is InChI=1S/C18H14Cl2N2O4/c19-12-2-1-3-13(17(12)20)21-14-9-15(23)22(18(14)26)11-6-4-10(5-7-11)8-16(24)25/h1-7,14,21H,8-9H2,(H,24,25). The molecule has 6 nitrogen and oxygen atoms in total. The fourth-order valence-electron chi connectivity index (χ4n) is 2.76. The van der Waals surface area contributed by atoms with Gasteiger partial charge in [0.05, 0.1) is 34.3 Å². The van der Waals surface area contributed by atoms with Crippen molar-refractivity contribution in [2.45, 2.75) is 18.9 Å². The second-order valence-corrected chi connectivity index (χ2v) is 6.59. The van der Waals surface area contributed by atoms with Crippen molar-refractivity contribution in [2.24, 2.45) is 0 Å². The number of carbonyl (C=O) groups is 3. The third-order valence-corrected chi connectivity index (χ3v) is 4.80. The second-order valence-electron chi connectivity index (χ2n) is 5.81. The average Bonchev–Trinajstić information content (AvgIpc) is 2.86. The van der Waals surface area contributed by atoms with E-state index in [4.69, 9.17) is 28.3 Å². The molecule has 0 aromatic heterocycles. The number of anilines is 2. The number of carboxylic acids is 1. The minimum Gasteiger partial charge on any atom is -0.481 e. The number of halogens is 2. The third kappa shape index (κ3) is 3.66. The van der Waals surface area contributed by atoms with E-state index in [1.807, 2.05) is 0 Å². The van der Waals surface area contributed by atoms with Crippen LogP contribution in [0.5, 0.6) is 0 Å². The molecule has 1 atom stereocenters. The number of imide groups is 1. The van der Waals surface area contributed by atoms with E-state index >= 15 is 0 Å². The first-order chi connectivity index (χ1) is 12.4. The lowest BCUT2D eigenvalue weighted by Crippen LogP contribution is -2.34. The fraction of sp³-hybridized carbons (Fsp3) is 0.167. The number of aliphatic carboxylic acids is 1. The van der Waals surface area contributed by atoms with Crippen molar-refractivity contribution in [3.05, 3.63) is 58.1 Å². The van der Waals surface area contributed by atoms with E-state index in [2.05, 4.69) is 5.32 Å². The van der Waals surface area contributed by atoms with Crippen LogP contribution in [-0.4, -0.2) is 28.9 Å². The normalized spacial score (nSPS) is 16.8. The predicted molar refractivity (Wildman–Crippen MR) is 98.8 cm³/mol. The number of carboxylic acid groups (broad SMARTS) is 1. The van der Waals surface area contributed by atoms with Gasteiger partial charge in [-0.05, 0) is 29.8 Å². The molecule has 2 aromatic rings. The molecule has 0 spiro atoms. The van der Waals surface area contributed by atoms with E-state index in [9.17, 15) is 14.4 Å². The first kappa shape index (κ1) is 18.2. The Morgan fingerprint density at radius 2 is 1.85 bits per heavy atom. The highest BCUT2D eigenvalue weighted by molar-refractivity contribution is 6.43. The Bertz CT molecular complexity index is 883. The second kappa shape index (κ2) is 7.35. The highest BCUT2D eigenvalue weighted by Gasteiger charge is 2.39. The minimum absolute atomic E-state index is 0.0153. The topological polar surface area (TPSA) is 86.7 Å². The molecule has 1 unspecified atom stereocenters. The maximum atomic E-state index is 12.7. The Morgan fingerprint density at radius 3 is 2.50 bits per heavy atom. The van der Waals surface area contributed by atoms with Crippen molar-refractivity contribution in [2.75, 3.05) is 10.2 Å². The number of amides is 2. The number of carbonyl (C=O) groups excluding carboxylic acids is 2. The van der Waals surface area contributed by atoms with Crippen LogP contribution in [0.1, 0.15) is 12.0 Å². The van der Waals surface area contributed by atoms with Crippen LogP contribution in [0.4, 0.5) is 11.4 Å². The summed E-state index contributed by atoms with van der Waals surface area (Å²) in [4.78, 5) is 36.8. The van der Waals surface area contributed by atoms with Gasteiger partial charge in [-0.25, -0.2) is 4.90 Å². The maximum absolute atomic E-state index is 12.7. The molecule has 2 N–H and O–H groups in total. The van der Waals surface area contributed by atoms with Crippen LogP contribution in [0.3, 0.4) is 0 Å². The summed E-state index contributed by atoms with van der Waals surface area (Å²) in [7, 11) is 0. The summed E-state index contributed by atoms with van der Waals surface area (Å²) in [6.07, 6.45) is -0.141. The van der Waals surface area contributed by atoms with Crippen LogP contribution in [-0.2, 0) is 20.8 Å². The summed E-state index contributed by atoms with van der Waals surface area (Å²) in [6, 6.07) is 10.5. The molecule has 1 heterocycles. The number of hydrogen-bond donors (Lipinski definition) is 2. The van der Waals surface area contributed by atoms with Crippen molar-refractivity contribution in [3.63, 3.8) is 0 Å². The zero-order valence-corrected chi connectivity index (χ0v) is 14.9. The largest absolute Gasteiger partial charge is 0.481 e. The summed E-state index contributed by atoms with van der Waals surface area (Å²) in [6.45, 7) is 0. The van der Waals surface area contributed by atoms with Gasteiger partial charge in [-0.15, -0.1) is 0 Å². The Balaban J connectivity index is 1.78. The third-order valence-electron chi connectivity index (χ3n) is 3.98. The SMILES string of the molecule is O=C(O)Cc1ccc(N2C(=O)CC(Nc3cccc(Cl)c3Cl)C2=O)cc1. The Labute approximate surface area is 159 Å². The van der Waals surface area contributed by atoms with E-state index in [0.717, 1.165) is 4.90 Å². The molecule has 2 amide bonds. The highest BCUT2D eigenvalue weighted by atomic mass is 35.5. The van der Waals surface area contributed by atoms with Gasteiger partial charge in [0.25, 0.3) is 5.91 Å². The molecule has 26 heavy (non-hydrogen) atoms. The van der Waals surface area contributed by atoms with Gasteiger partial charge in [0.15, 0.2) is 0 Å². The molecule has 0 bridgehead atoms. The monoisotopic (exact) mass is 392 g/mol. The average molecular weight is 393 g/mol. The fourth-order valence-corrected chi connectivity index (χ4v) is 3.11. The van der Waals surface area contributed by atoms with Gasteiger partial charge < -0.3 is 10.4 Å². The zero-order valence-electron chi connectivity index (χ0n) is 13.4. The van der Waals surface area contributed by atoms with Crippen molar-refractivity contribution in [1.29, 1.82) is 0 Å². The molecule has 0 saturated carbocycles. The molecule has 0 aliphatic carbocycles. The molecule has 134 valence electrons. The van der Waals surface area contributed by atoms with Crippen molar-refractivity contribution in [1.82, 2.24) is 0 Å². The van der Waals surface area contributed by atoms with E-state index in [1.54, 1.807) is 42.5 Å². The maximum Gasteiger partial charge on any atom is 0.307 e. The lowest BCUT2D eigenvalue weighted by Gasteiger charge is -2.17. The van der Waals surface area contributed by atoms with E-state index in [1.165, 1.54) is 0 Å². The Kier molecular flexibility index (Phi) is 5.15. The summed E-state index contributed by atoms with van der Waals surface area (Å²) in [5.41, 5.74) is 1.46. The van der Waals surface area contributed by atoms with Crippen molar-refractivity contribution < 1.29 is 19.5 Å². The molecule has 0 radical (unpaired) electrons. The summed E-state index contributed by atoms with van der Waals surface area (Å²) >= 11 is 12.1. The first-order valence-corrected chi connectivity index (χ1v) is 8.50. The van der Waals surface area contributed by atoms with Gasteiger partial charge in [0.1, 0.15) is 6.04 Å². The number of rotatable bonds is 5. The molecule has 8 heteroatoms. The van der Waals surface area contributed by atoms with Crippen LogP contribution in [0.15, 0.2) is 42.5 Å². The molecule has 1 aliphatic rings. The van der Waals surface area contributed by atoms with Gasteiger partial charge in [-0.2, -0.15) is 0 Å². The van der Waals surface area contributed by atoms with E-state index in [0.29, 0.717) is 22.0 Å². The summed E-state index contributed by atoms with van der Waals surface area (Å²) in [5, 5.41) is 12.4. The van der Waals surface area contributed by atoms with Crippen LogP contribution in [0.25, 0.3) is 0 Å². The number of benzene rings is 2. The van der Waals surface area contributed by atoms with Crippen LogP contribution < -0.4 is 10.2 Å². The number of nitrogens with one attached hydrogen (secondary N) is 1. The van der Waals surface area contributed by atoms with Crippen LogP contribution >= 0.6 is 23.2 Å². The molecular weight excluding hydrogens is 379 g/mol. The smallest absolute Gasteiger partial charge is 0.307 e. The molecule has 2 aromatic carbocycles. The number of hydrogen-bond acceptors (Lipinski definition) is 4. The lowest BCUT2D eigenvalue weighted by molar-refractivity contribution is -0.136. The summed E-state index contributed by atoms with van der Waals surface area (Å²) < 4.78 is 0. The van der Waals surface area contributed by atoms with Crippen molar-refractivity contribution in [3.8, 4) is 0 Å². The van der Waals surface area contributed by atoms with Crippen molar-refractivity contribution >= 4 is 52.4 Å². The highest BCUT2D eigenvalue weighted by Crippen LogP contribution is 2.32. The van der Waals surface area contributed by atoms with Crippen LogP contribution in [0.2, 0.25) is 10.0 Å². The number of nitrogens with zero attached hydrogens (tertiary/aromatic N) is 1. The molecule has 1 saturated heterocycles. The molecular formula is C18H14Cl2N2O4. The molecule has 3 rings (SSSR count). The zero-order chi connectivity index (χ0) is 18.8. The minimum atomic E-state index is -0.950. The van der Waals surface area contributed by atoms with E-state index in [-0.39, 0.29) is 23.8 Å². The first-order valence-electron chi connectivity index (χ1n) is 7.75. The van der Waals surface area contributed by atoms with Gasteiger partial charge in [-0.1, -0.05) is 41.4 Å². The van der Waals surface area contributed by atoms with Gasteiger partial charge in [-0.3, -0.25) is 14.4 Å². The predicted octanol–water partition coefficient (Wildman–Crippen LogP) is 3.36. The molecule has 1 aliphatic heterocycles. The van der Waals surface area contributed by atoms with E-state index < -0.39 is 17.9 Å². The van der Waals surface area contributed by atoms with Gasteiger partial charge in [0.2, 0.25) is 5.91 Å². The van der Waals surface area contributed by atoms with Gasteiger partial charge in [0, 0.05) is 0 Å². The lowest BCUT2D eigenvalue weighted by atomic mass is 10.1. The van der Waals surface area contributed by atoms with Gasteiger partial charge >= 0.3 is 5.97 Å². The molecule has 1 fully saturated rings. The van der Waals surface area contributed by atoms with Crippen LogP contribution in [0, 0.1) is 0 Å².